The van der Waals surface area contributed by atoms with Crippen LogP contribution in [-0.2, 0) is 4.79 Å². The lowest BCUT2D eigenvalue weighted by molar-refractivity contribution is -0.109. The van der Waals surface area contributed by atoms with E-state index in [4.69, 9.17) is 0 Å². The van der Waals surface area contributed by atoms with E-state index in [1.165, 1.54) is 16.6 Å². The lowest BCUT2D eigenvalue weighted by Crippen LogP contribution is -1.80. The molecule has 0 saturated heterocycles. The summed E-state index contributed by atoms with van der Waals surface area (Å²) >= 11 is 3.03. The third kappa shape index (κ3) is 3.74. The van der Waals surface area contributed by atoms with Gasteiger partial charge in [0, 0.05) is 17.6 Å². The van der Waals surface area contributed by atoms with E-state index in [0.29, 0.717) is 0 Å². The largest absolute Gasteiger partial charge is 0.288 e. The van der Waals surface area contributed by atoms with Crippen molar-refractivity contribution in [3.05, 3.63) is 28.5 Å². The first-order valence-corrected chi connectivity index (χ1v) is 5.49. The molecule has 0 atom stereocenters. The zero-order valence-corrected chi connectivity index (χ0v) is 8.45. The van der Waals surface area contributed by atoms with E-state index in [9.17, 15) is 4.79 Å². The molecule has 0 spiro atoms. The molecule has 1 aromatic rings. The van der Waals surface area contributed by atoms with Crippen LogP contribution >= 0.6 is 23.1 Å². The first kappa shape index (κ1) is 9.55. The summed E-state index contributed by atoms with van der Waals surface area (Å²) in [5, 5.41) is 2.21. The minimum atomic E-state index is 0.172. The van der Waals surface area contributed by atoms with E-state index < -0.39 is 0 Å². The van der Waals surface area contributed by atoms with Crippen LogP contribution in [0.2, 0.25) is 0 Å². The Morgan fingerprint density at radius 3 is 3.17 bits per heavy atom. The average molecular weight is 198 g/mol. The van der Waals surface area contributed by atoms with Gasteiger partial charge in [-0.15, -0.1) is 11.3 Å². The standard InChI is InChI=1S/C9H10OS2/c1-8(10)11-6-2-4-9-5-3-7-12-9/h2-5,7H,6H2,1H3. The second kappa shape index (κ2) is 5.17. The van der Waals surface area contributed by atoms with Gasteiger partial charge in [-0.3, -0.25) is 4.79 Å². The molecule has 0 N–H and O–H groups in total. The Kier molecular flexibility index (Phi) is 4.11. The molecule has 1 nitrogen and oxygen atoms in total. The summed E-state index contributed by atoms with van der Waals surface area (Å²) in [7, 11) is 0. The van der Waals surface area contributed by atoms with Crippen molar-refractivity contribution in [2.24, 2.45) is 0 Å². The van der Waals surface area contributed by atoms with Crippen LogP contribution in [0.5, 0.6) is 0 Å². The zero-order chi connectivity index (χ0) is 8.81. The Labute approximate surface area is 80.5 Å². The Morgan fingerprint density at radius 2 is 2.58 bits per heavy atom. The fourth-order valence-electron chi connectivity index (χ4n) is 0.716. The molecule has 0 saturated carbocycles. The van der Waals surface area contributed by atoms with Crippen LogP contribution in [0, 0.1) is 0 Å². The molecule has 0 amide bonds. The first-order valence-electron chi connectivity index (χ1n) is 3.62. The van der Waals surface area contributed by atoms with Gasteiger partial charge in [0.05, 0.1) is 0 Å². The van der Waals surface area contributed by atoms with Gasteiger partial charge in [-0.05, 0) is 17.5 Å². The van der Waals surface area contributed by atoms with Gasteiger partial charge in [-0.25, -0.2) is 0 Å². The van der Waals surface area contributed by atoms with Crippen molar-refractivity contribution >= 4 is 34.3 Å². The normalized spacial score (nSPS) is 10.8. The summed E-state index contributed by atoms with van der Waals surface area (Å²) in [6.07, 6.45) is 4.05. The maximum absolute atomic E-state index is 10.5. The van der Waals surface area contributed by atoms with E-state index in [2.05, 4.69) is 6.07 Å². The number of hydrogen-bond donors (Lipinski definition) is 0. The molecule has 1 rings (SSSR count). The fraction of sp³-hybridized carbons (Fsp3) is 0.222. The van der Waals surface area contributed by atoms with E-state index in [1.807, 2.05) is 23.6 Å². The molecule has 1 aromatic heterocycles. The molecule has 0 radical (unpaired) electrons. The minimum absolute atomic E-state index is 0.172. The molecular weight excluding hydrogens is 188 g/mol. The lowest BCUT2D eigenvalue weighted by atomic mass is 10.4. The van der Waals surface area contributed by atoms with Crippen LogP contribution in [0.4, 0.5) is 0 Å². The van der Waals surface area contributed by atoms with Gasteiger partial charge in [0.15, 0.2) is 5.12 Å². The van der Waals surface area contributed by atoms with Crippen molar-refractivity contribution in [2.45, 2.75) is 6.92 Å². The van der Waals surface area contributed by atoms with Crippen LogP contribution in [0.3, 0.4) is 0 Å². The third-order valence-electron chi connectivity index (χ3n) is 1.21. The Bertz CT molecular complexity index is 262. The van der Waals surface area contributed by atoms with Gasteiger partial charge in [0.1, 0.15) is 0 Å². The zero-order valence-electron chi connectivity index (χ0n) is 6.82. The summed E-state index contributed by atoms with van der Waals surface area (Å²) in [4.78, 5) is 11.8. The molecular formula is C9H10OS2. The summed E-state index contributed by atoms with van der Waals surface area (Å²) in [5.41, 5.74) is 0. The molecule has 64 valence electrons. The maximum Gasteiger partial charge on any atom is 0.186 e. The van der Waals surface area contributed by atoms with Crippen molar-refractivity contribution in [1.29, 1.82) is 0 Å². The highest BCUT2D eigenvalue weighted by atomic mass is 32.2. The predicted octanol–water partition coefficient (Wildman–Crippen LogP) is 3.04. The molecule has 1 heterocycles. The van der Waals surface area contributed by atoms with E-state index in [-0.39, 0.29) is 5.12 Å². The van der Waals surface area contributed by atoms with Gasteiger partial charge >= 0.3 is 0 Å². The van der Waals surface area contributed by atoms with Crippen LogP contribution in [0.1, 0.15) is 11.8 Å². The molecule has 12 heavy (non-hydrogen) atoms. The highest BCUT2D eigenvalue weighted by Crippen LogP contribution is 2.11. The third-order valence-corrected chi connectivity index (χ3v) is 2.81. The van der Waals surface area contributed by atoms with E-state index >= 15 is 0 Å². The van der Waals surface area contributed by atoms with E-state index in [0.717, 1.165) is 5.75 Å². The fourth-order valence-corrected chi connectivity index (χ4v) is 1.79. The first-order chi connectivity index (χ1) is 5.79. The molecule has 3 heteroatoms. The molecule has 0 aliphatic heterocycles. The lowest BCUT2D eigenvalue weighted by Gasteiger charge is -1.87. The van der Waals surface area contributed by atoms with Crippen LogP contribution in [-0.4, -0.2) is 10.9 Å². The smallest absolute Gasteiger partial charge is 0.186 e. The molecule has 0 bridgehead atoms. The van der Waals surface area contributed by atoms with Gasteiger partial charge in [-0.1, -0.05) is 23.9 Å². The van der Waals surface area contributed by atoms with Gasteiger partial charge in [0.2, 0.25) is 0 Å². The number of thioether (sulfide) groups is 1. The highest BCUT2D eigenvalue weighted by Gasteiger charge is 1.89. The van der Waals surface area contributed by atoms with Gasteiger partial charge in [-0.2, -0.15) is 0 Å². The highest BCUT2D eigenvalue weighted by molar-refractivity contribution is 8.13. The molecule has 0 aliphatic rings. The van der Waals surface area contributed by atoms with Crippen molar-refractivity contribution in [1.82, 2.24) is 0 Å². The molecule has 0 unspecified atom stereocenters. The SMILES string of the molecule is CC(=O)SCC=Cc1cccs1. The summed E-state index contributed by atoms with van der Waals surface area (Å²) < 4.78 is 0. The number of carbonyl (C=O) groups is 1. The van der Waals surface area contributed by atoms with Crippen molar-refractivity contribution in [2.75, 3.05) is 5.75 Å². The summed E-state index contributed by atoms with van der Waals surface area (Å²) in [6.45, 7) is 1.59. The minimum Gasteiger partial charge on any atom is -0.288 e. The Balaban J connectivity index is 2.27. The van der Waals surface area contributed by atoms with Crippen molar-refractivity contribution < 1.29 is 4.79 Å². The number of rotatable bonds is 3. The molecule has 0 fully saturated rings. The van der Waals surface area contributed by atoms with Gasteiger partial charge in [0.25, 0.3) is 0 Å². The Hall–Kier alpha value is -0.540. The van der Waals surface area contributed by atoms with Crippen molar-refractivity contribution in [3.63, 3.8) is 0 Å². The Morgan fingerprint density at radius 1 is 1.75 bits per heavy atom. The second-order valence-electron chi connectivity index (χ2n) is 2.22. The number of hydrogen-bond acceptors (Lipinski definition) is 3. The maximum atomic E-state index is 10.5. The molecule has 0 aromatic carbocycles. The second-order valence-corrected chi connectivity index (χ2v) is 4.40. The number of thiophene rings is 1. The average Bonchev–Trinajstić information content (AvgIpc) is 2.49. The predicted molar refractivity (Wildman–Crippen MR) is 56.5 cm³/mol. The van der Waals surface area contributed by atoms with Crippen LogP contribution < -0.4 is 0 Å². The summed E-state index contributed by atoms with van der Waals surface area (Å²) in [6, 6.07) is 4.07. The topological polar surface area (TPSA) is 17.1 Å². The number of carbonyl (C=O) groups excluding carboxylic acids is 1. The van der Waals surface area contributed by atoms with Crippen molar-refractivity contribution in [3.8, 4) is 0 Å². The van der Waals surface area contributed by atoms with Crippen LogP contribution in [0.15, 0.2) is 23.6 Å². The van der Waals surface area contributed by atoms with E-state index in [1.54, 1.807) is 18.3 Å². The van der Waals surface area contributed by atoms with Crippen LogP contribution in [0.25, 0.3) is 6.08 Å². The van der Waals surface area contributed by atoms with Gasteiger partial charge < -0.3 is 0 Å². The quantitative estimate of drug-likeness (QED) is 0.742. The monoisotopic (exact) mass is 198 g/mol. The summed E-state index contributed by atoms with van der Waals surface area (Å²) in [5.74, 6) is 0.771. The molecule has 0 aliphatic carbocycles.